The van der Waals surface area contributed by atoms with E-state index in [9.17, 15) is 10.1 Å². The number of nitrogens with zero attached hydrogens (tertiary/aromatic N) is 3. The number of rotatable bonds is 5. The molecule has 0 aliphatic rings. The molecular formula is C17H14N4O2S. The largest absolute Gasteiger partial charge is 0.270 e. The first-order valence-electron chi connectivity index (χ1n) is 7.18. The first-order chi connectivity index (χ1) is 11.6. The Morgan fingerprint density at radius 2 is 2.08 bits per heavy atom. The molecule has 120 valence electrons. The van der Waals surface area contributed by atoms with Gasteiger partial charge in [-0.05, 0) is 18.1 Å². The highest BCUT2D eigenvalue weighted by molar-refractivity contribution is 7.14. The molecule has 0 radical (unpaired) electrons. The van der Waals surface area contributed by atoms with Gasteiger partial charge in [0.05, 0.1) is 16.8 Å². The fraction of sp³-hybridized carbons (Fsp3) is 0.0588. The van der Waals surface area contributed by atoms with Crippen molar-refractivity contribution in [2.75, 3.05) is 5.43 Å². The van der Waals surface area contributed by atoms with Gasteiger partial charge in [0, 0.05) is 23.1 Å². The van der Waals surface area contributed by atoms with Gasteiger partial charge >= 0.3 is 0 Å². The zero-order valence-electron chi connectivity index (χ0n) is 12.8. The highest BCUT2D eigenvalue weighted by Crippen LogP contribution is 2.27. The third-order valence-corrected chi connectivity index (χ3v) is 4.16. The van der Waals surface area contributed by atoms with Gasteiger partial charge in [-0.3, -0.25) is 15.5 Å². The monoisotopic (exact) mass is 338 g/mol. The zero-order chi connectivity index (χ0) is 16.9. The summed E-state index contributed by atoms with van der Waals surface area (Å²) in [5.74, 6) is 0. The van der Waals surface area contributed by atoms with E-state index in [4.69, 9.17) is 0 Å². The Morgan fingerprint density at radius 3 is 2.88 bits per heavy atom. The van der Waals surface area contributed by atoms with Crippen LogP contribution in [0, 0.1) is 17.0 Å². The summed E-state index contributed by atoms with van der Waals surface area (Å²) < 4.78 is 0. The summed E-state index contributed by atoms with van der Waals surface area (Å²) in [7, 11) is 0. The molecule has 7 heteroatoms. The van der Waals surface area contributed by atoms with E-state index in [1.165, 1.54) is 23.5 Å². The van der Waals surface area contributed by atoms with Crippen molar-refractivity contribution in [3.8, 4) is 11.3 Å². The third-order valence-electron chi connectivity index (χ3n) is 3.41. The second-order valence-electron chi connectivity index (χ2n) is 5.07. The minimum atomic E-state index is -0.415. The topological polar surface area (TPSA) is 80.4 Å². The molecule has 0 unspecified atom stereocenters. The van der Waals surface area contributed by atoms with E-state index in [0.29, 0.717) is 16.4 Å². The Bertz CT molecular complexity index is 905. The predicted octanol–water partition coefficient (Wildman–Crippen LogP) is 4.47. The molecule has 1 heterocycles. The first-order valence-corrected chi connectivity index (χ1v) is 8.06. The number of nitrogens with one attached hydrogen (secondary N) is 1. The number of non-ortho nitro benzene ring substituents is 1. The smallest absolute Gasteiger partial charge is 0.258 e. The van der Waals surface area contributed by atoms with Gasteiger partial charge in [-0.2, -0.15) is 5.10 Å². The number of hydrazone groups is 1. The summed E-state index contributed by atoms with van der Waals surface area (Å²) in [6.45, 7) is 2.02. The van der Waals surface area contributed by atoms with Crippen molar-refractivity contribution in [1.29, 1.82) is 0 Å². The molecule has 0 aliphatic carbocycles. The molecule has 0 atom stereocenters. The molecule has 3 aromatic rings. The summed E-state index contributed by atoms with van der Waals surface area (Å²) >= 11 is 1.39. The van der Waals surface area contributed by atoms with Crippen LogP contribution in [0.2, 0.25) is 0 Å². The SMILES string of the molecule is Cc1ccccc1/C=N\Nc1nc(-c2cccc([N+](=O)[O-])c2)cs1. The average molecular weight is 338 g/mol. The summed E-state index contributed by atoms with van der Waals surface area (Å²) in [4.78, 5) is 14.8. The predicted molar refractivity (Wildman–Crippen MR) is 96.6 cm³/mol. The molecule has 6 nitrogen and oxygen atoms in total. The number of hydrogen-bond donors (Lipinski definition) is 1. The van der Waals surface area contributed by atoms with E-state index in [1.807, 2.05) is 36.6 Å². The van der Waals surface area contributed by atoms with Crippen LogP contribution < -0.4 is 5.43 Å². The molecule has 0 saturated heterocycles. The minimum Gasteiger partial charge on any atom is -0.258 e. The number of nitro benzene ring substituents is 1. The Balaban J connectivity index is 1.73. The summed E-state index contributed by atoms with van der Waals surface area (Å²) in [6.07, 6.45) is 1.74. The van der Waals surface area contributed by atoms with Crippen molar-refractivity contribution in [2.45, 2.75) is 6.92 Å². The number of nitro groups is 1. The normalized spacial score (nSPS) is 10.9. The van der Waals surface area contributed by atoms with Crippen LogP contribution >= 0.6 is 11.3 Å². The summed E-state index contributed by atoms with van der Waals surface area (Å²) in [5, 5.41) is 17.5. The lowest BCUT2D eigenvalue weighted by molar-refractivity contribution is -0.384. The van der Waals surface area contributed by atoms with Gasteiger partial charge in [-0.15, -0.1) is 11.3 Å². The Hall–Kier alpha value is -3.06. The molecule has 0 aliphatic heterocycles. The van der Waals surface area contributed by atoms with E-state index in [2.05, 4.69) is 15.5 Å². The van der Waals surface area contributed by atoms with Gasteiger partial charge in [0.1, 0.15) is 0 Å². The number of hydrogen-bond acceptors (Lipinski definition) is 6. The van der Waals surface area contributed by atoms with Crippen molar-refractivity contribution in [3.05, 3.63) is 75.2 Å². The fourth-order valence-electron chi connectivity index (χ4n) is 2.13. The molecule has 1 aromatic heterocycles. The van der Waals surface area contributed by atoms with Crippen LogP contribution in [0.25, 0.3) is 11.3 Å². The van der Waals surface area contributed by atoms with Crippen LogP contribution in [0.1, 0.15) is 11.1 Å². The van der Waals surface area contributed by atoms with Crippen molar-refractivity contribution < 1.29 is 4.92 Å². The van der Waals surface area contributed by atoms with E-state index < -0.39 is 4.92 Å². The standard InChI is InChI=1S/C17H14N4O2S/c1-12-5-2-3-6-14(12)10-18-20-17-19-16(11-24-17)13-7-4-8-15(9-13)21(22)23/h2-11H,1H3,(H,19,20)/b18-10-. The van der Waals surface area contributed by atoms with Crippen LogP contribution in [0.5, 0.6) is 0 Å². The molecule has 0 fully saturated rings. The van der Waals surface area contributed by atoms with E-state index >= 15 is 0 Å². The molecule has 1 N–H and O–H groups in total. The summed E-state index contributed by atoms with van der Waals surface area (Å²) in [5.41, 5.74) is 6.49. The average Bonchev–Trinajstić information content (AvgIpc) is 3.06. The molecule has 2 aromatic carbocycles. The number of aromatic nitrogens is 1. The number of thiazole rings is 1. The first kappa shape index (κ1) is 15.8. The van der Waals surface area contributed by atoms with Crippen LogP contribution in [0.15, 0.2) is 59.0 Å². The Kier molecular flexibility index (Phi) is 4.62. The van der Waals surface area contributed by atoms with Crippen LogP contribution in [-0.4, -0.2) is 16.1 Å². The van der Waals surface area contributed by atoms with Gasteiger partial charge in [-0.1, -0.05) is 36.4 Å². The zero-order valence-corrected chi connectivity index (χ0v) is 13.7. The number of benzene rings is 2. The van der Waals surface area contributed by atoms with E-state index in [-0.39, 0.29) is 5.69 Å². The Labute approximate surface area is 142 Å². The van der Waals surface area contributed by atoms with Crippen LogP contribution in [0.4, 0.5) is 10.8 Å². The molecule has 0 amide bonds. The van der Waals surface area contributed by atoms with Gasteiger partial charge in [0.15, 0.2) is 0 Å². The van der Waals surface area contributed by atoms with Gasteiger partial charge in [-0.25, -0.2) is 4.98 Å². The molecule has 0 bridgehead atoms. The van der Waals surface area contributed by atoms with Crippen molar-refractivity contribution in [2.24, 2.45) is 5.10 Å². The minimum absolute atomic E-state index is 0.0487. The highest BCUT2D eigenvalue weighted by atomic mass is 32.1. The van der Waals surface area contributed by atoms with Crippen molar-refractivity contribution >= 4 is 28.4 Å². The van der Waals surface area contributed by atoms with E-state index in [1.54, 1.807) is 18.3 Å². The number of aryl methyl sites for hydroxylation is 1. The highest BCUT2D eigenvalue weighted by Gasteiger charge is 2.09. The van der Waals surface area contributed by atoms with Crippen LogP contribution in [-0.2, 0) is 0 Å². The fourth-order valence-corrected chi connectivity index (χ4v) is 2.79. The lowest BCUT2D eigenvalue weighted by Gasteiger charge is -1.98. The second kappa shape index (κ2) is 7.01. The lowest BCUT2D eigenvalue weighted by atomic mass is 10.1. The maximum absolute atomic E-state index is 10.8. The van der Waals surface area contributed by atoms with Gasteiger partial charge < -0.3 is 0 Å². The quantitative estimate of drug-likeness (QED) is 0.423. The Morgan fingerprint density at radius 1 is 1.25 bits per heavy atom. The summed E-state index contributed by atoms with van der Waals surface area (Å²) in [6, 6.07) is 14.3. The van der Waals surface area contributed by atoms with Gasteiger partial charge in [0.2, 0.25) is 5.13 Å². The molecule has 24 heavy (non-hydrogen) atoms. The second-order valence-corrected chi connectivity index (χ2v) is 5.93. The molecule has 0 spiro atoms. The maximum atomic E-state index is 10.8. The molecular weight excluding hydrogens is 324 g/mol. The van der Waals surface area contributed by atoms with Crippen molar-refractivity contribution in [3.63, 3.8) is 0 Å². The lowest BCUT2D eigenvalue weighted by Crippen LogP contribution is -1.92. The third kappa shape index (κ3) is 3.64. The van der Waals surface area contributed by atoms with Crippen LogP contribution in [0.3, 0.4) is 0 Å². The number of anilines is 1. The van der Waals surface area contributed by atoms with Gasteiger partial charge in [0.25, 0.3) is 5.69 Å². The van der Waals surface area contributed by atoms with E-state index in [0.717, 1.165) is 11.1 Å². The maximum Gasteiger partial charge on any atom is 0.270 e. The molecule has 3 rings (SSSR count). The van der Waals surface area contributed by atoms with Crippen molar-refractivity contribution in [1.82, 2.24) is 4.98 Å². The molecule has 0 saturated carbocycles.